The van der Waals surface area contributed by atoms with E-state index in [9.17, 15) is 4.79 Å². The van der Waals surface area contributed by atoms with Crippen LogP contribution in [-0.2, 0) is 0 Å². The SMILES string of the molecule is CCN(C(=O)N/C=C/c1ccccc1)C(C)(C)C. The number of rotatable bonds is 3. The van der Waals surface area contributed by atoms with Crippen molar-refractivity contribution in [3.05, 3.63) is 42.1 Å². The summed E-state index contributed by atoms with van der Waals surface area (Å²) >= 11 is 0. The number of benzene rings is 1. The zero-order valence-corrected chi connectivity index (χ0v) is 11.6. The molecule has 1 aromatic carbocycles. The number of amides is 2. The quantitative estimate of drug-likeness (QED) is 0.870. The van der Waals surface area contributed by atoms with Gasteiger partial charge in [-0.1, -0.05) is 30.3 Å². The lowest BCUT2D eigenvalue weighted by atomic mass is 10.1. The highest BCUT2D eigenvalue weighted by Crippen LogP contribution is 2.12. The van der Waals surface area contributed by atoms with Crippen LogP contribution in [0.4, 0.5) is 4.79 Å². The van der Waals surface area contributed by atoms with Gasteiger partial charge in [-0.05, 0) is 39.3 Å². The predicted octanol–water partition coefficient (Wildman–Crippen LogP) is 3.49. The van der Waals surface area contributed by atoms with Crippen LogP contribution in [0.5, 0.6) is 0 Å². The van der Waals surface area contributed by atoms with E-state index in [0.717, 1.165) is 5.56 Å². The number of carbonyl (C=O) groups is 1. The Balaban J connectivity index is 2.58. The van der Waals surface area contributed by atoms with Crippen LogP contribution < -0.4 is 5.32 Å². The van der Waals surface area contributed by atoms with E-state index < -0.39 is 0 Å². The number of nitrogens with one attached hydrogen (secondary N) is 1. The van der Waals surface area contributed by atoms with Crippen LogP contribution in [0.15, 0.2) is 36.5 Å². The Kier molecular flexibility index (Phi) is 4.95. The third kappa shape index (κ3) is 4.24. The minimum Gasteiger partial charge on any atom is -0.320 e. The van der Waals surface area contributed by atoms with Crippen molar-refractivity contribution in [1.82, 2.24) is 10.2 Å². The van der Waals surface area contributed by atoms with Crippen LogP contribution in [0.1, 0.15) is 33.3 Å². The maximum atomic E-state index is 12.0. The molecule has 0 heterocycles. The molecule has 0 aliphatic carbocycles. The summed E-state index contributed by atoms with van der Waals surface area (Å²) in [4.78, 5) is 13.8. The van der Waals surface area contributed by atoms with Crippen molar-refractivity contribution in [2.45, 2.75) is 33.2 Å². The van der Waals surface area contributed by atoms with Gasteiger partial charge in [0.05, 0.1) is 0 Å². The summed E-state index contributed by atoms with van der Waals surface area (Å²) in [6, 6.07) is 9.81. The van der Waals surface area contributed by atoms with E-state index in [1.54, 1.807) is 11.1 Å². The van der Waals surface area contributed by atoms with Gasteiger partial charge in [0.2, 0.25) is 0 Å². The average molecular weight is 246 g/mol. The van der Waals surface area contributed by atoms with Gasteiger partial charge in [0, 0.05) is 18.3 Å². The van der Waals surface area contributed by atoms with Gasteiger partial charge in [-0.2, -0.15) is 0 Å². The molecule has 0 fully saturated rings. The van der Waals surface area contributed by atoms with Gasteiger partial charge in [0.15, 0.2) is 0 Å². The van der Waals surface area contributed by atoms with Crippen LogP contribution in [0, 0.1) is 0 Å². The summed E-state index contributed by atoms with van der Waals surface area (Å²) in [5.41, 5.74) is 0.899. The third-order valence-electron chi connectivity index (χ3n) is 2.65. The maximum absolute atomic E-state index is 12.0. The first kappa shape index (κ1) is 14.3. The minimum atomic E-state index is -0.167. The molecular formula is C15H22N2O. The molecule has 0 aliphatic heterocycles. The second kappa shape index (κ2) is 6.24. The fourth-order valence-corrected chi connectivity index (χ4v) is 1.77. The largest absolute Gasteiger partial charge is 0.321 e. The monoisotopic (exact) mass is 246 g/mol. The Morgan fingerprint density at radius 3 is 2.39 bits per heavy atom. The van der Waals surface area contributed by atoms with Gasteiger partial charge in [0.25, 0.3) is 0 Å². The van der Waals surface area contributed by atoms with E-state index in [4.69, 9.17) is 0 Å². The molecular weight excluding hydrogens is 224 g/mol. The summed E-state index contributed by atoms with van der Waals surface area (Å²) in [6.07, 6.45) is 3.57. The summed E-state index contributed by atoms with van der Waals surface area (Å²) in [5, 5.41) is 2.80. The highest BCUT2D eigenvalue weighted by molar-refractivity contribution is 5.76. The summed E-state index contributed by atoms with van der Waals surface area (Å²) in [7, 11) is 0. The van der Waals surface area contributed by atoms with Gasteiger partial charge < -0.3 is 10.2 Å². The van der Waals surface area contributed by atoms with Crippen LogP contribution in [0.3, 0.4) is 0 Å². The lowest BCUT2D eigenvalue weighted by Crippen LogP contribution is -2.48. The van der Waals surface area contributed by atoms with Crippen LogP contribution in [0.2, 0.25) is 0 Å². The first-order chi connectivity index (χ1) is 8.45. The van der Waals surface area contributed by atoms with Crippen LogP contribution in [-0.4, -0.2) is 23.0 Å². The molecule has 1 N–H and O–H groups in total. The number of hydrogen-bond acceptors (Lipinski definition) is 1. The molecule has 0 radical (unpaired) electrons. The van der Waals surface area contributed by atoms with Crippen LogP contribution in [0.25, 0.3) is 6.08 Å². The van der Waals surface area contributed by atoms with Gasteiger partial charge >= 0.3 is 6.03 Å². The summed E-state index contributed by atoms with van der Waals surface area (Å²) in [5.74, 6) is 0. The lowest BCUT2D eigenvalue weighted by molar-refractivity contribution is 0.153. The van der Waals surface area contributed by atoms with Crippen molar-refractivity contribution in [3.8, 4) is 0 Å². The van der Waals surface area contributed by atoms with E-state index >= 15 is 0 Å². The third-order valence-corrected chi connectivity index (χ3v) is 2.65. The molecule has 1 rings (SSSR count). The van der Waals surface area contributed by atoms with E-state index in [1.165, 1.54) is 0 Å². The molecule has 1 aromatic rings. The fraction of sp³-hybridized carbons (Fsp3) is 0.400. The van der Waals surface area contributed by atoms with Gasteiger partial charge in [0.1, 0.15) is 0 Å². The average Bonchev–Trinajstić information content (AvgIpc) is 2.29. The van der Waals surface area contributed by atoms with E-state index in [-0.39, 0.29) is 11.6 Å². The van der Waals surface area contributed by atoms with Crippen molar-refractivity contribution >= 4 is 12.1 Å². The Hall–Kier alpha value is -1.77. The Morgan fingerprint density at radius 2 is 1.89 bits per heavy atom. The molecule has 3 nitrogen and oxygen atoms in total. The Labute approximate surface area is 109 Å². The van der Waals surface area contributed by atoms with Gasteiger partial charge in [-0.25, -0.2) is 4.79 Å². The normalized spacial score (nSPS) is 11.6. The fourth-order valence-electron chi connectivity index (χ4n) is 1.77. The van der Waals surface area contributed by atoms with Crippen LogP contribution >= 0.6 is 0 Å². The van der Waals surface area contributed by atoms with Crippen molar-refractivity contribution in [2.75, 3.05) is 6.54 Å². The molecule has 2 amide bonds. The van der Waals surface area contributed by atoms with Crippen molar-refractivity contribution in [2.24, 2.45) is 0 Å². The molecule has 0 atom stereocenters. The van der Waals surface area contributed by atoms with Crippen molar-refractivity contribution < 1.29 is 4.79 Å². The summed E-state index contributed by atoms with van der Waals surface area (Å²) < 4.78 is 0. The molecule has 0 aromatic heterocycles. The first-order valence-electron chi connectivity index (χ1n) is 6.25. The predicted molar refractivity (Wildman–Crippen MR) is 76.1 cm³/mol. The number of carbonyl (C=O) groups excluding carboxylic acids is 1. The van der Waals surface area contributed by atoms with E-state index in [1.807, 2.05) is 64.1 Å². The topological polar surface area (TPSA) is 32.3 Å². The highest BCUT2D eigenvalue weighted by atomic mass is 16.2. The van der Waals surface area contributed by atoms with Crippen molar-refractivity contribution in [1.29, 1.82) is 0 Å². The smallest absolute Gasteiger partial charge is 0.320 e. The molecule has 0 aliphatic rings. The minimum absolute atomic E-state index is 0.0721. The van der Waals surface area contributed by atoms with Gasteiger partial charge in [-0.3, -0.25) is 0 Å². The van der Waals surface area contributed by atoms with E-state index in [2.05, 4.69) is 5.32 Å². The molecule has 0 unspecified atom stereocenters. The Morgan fingerprint density at radius 1 is 1.28 bits per heavy atom. The molecule has 98 valence electrons. The maximum Gasteiger partial charge on any atom is 0.321 e. The van der Waals surface area contributed by atoms with Gasteiger partial charge in [-0.15, -0.1) is 0 Å². The summed E-state index contributed by atoms with van der Waals surface area (Å²) in [6.45, 7) is 8.74. The number of nitrogens with zero attached hydrogens (tertiary/aromatic N) is 1. The molecule has 18 heavy (non-hydrogen) atoms. The number of hydrogen-bond donors (Lipinski definition) is 1. The highest BCUT2D eigenvalue weighted by Gasteiger charge is 2.23. The molecule has 0 bridgehead atoms. The van der Waals surface area contributed by atoms with Crippen molar-refractivity contribution in [3.63, 3.8) is 0 Å². The molecule has 3 heteroatoms. The molecule has 0 spiro atoms. The zero-order valence-electron chi connectivity index (χ0n) is 11.6. The lowest BCUT2D eigenvalue weighted by Gasteiger charge is -2.34. The Bertz CT molecular complexity index is 404. The standard InChI is InChI=1S/C15H22N2O/c1-5-17(15(2,3)4)14(18)16-12-11-13-9-7-6-8-10-13/h6-12H,5H2,1-4H3,(H,16,18)/b12-11+. The first-order valence-corrected chi connectivity index (χ1v) is 6.25. The second-order valence-electron chi connectivity index (χ2n) is 5.11. The molecule has 0 saturated heterocycles. The second-order valence-corrected chi connectivity index (χ2v) is 5.11. The zero-order chi connectivity index (χ0) is 13.6. The number of urea groups is 1. The molecule has 0 saturated carbocycles. The van der Waals surface area contributed by atoms with E-state index in [0.29, 0.717) is 6.54 Å².